The fourth-order valence-electron chi connectivity index (χ4n) is 1.87. The number of hydrogen-bond donors (Lipinski definition) is 2. The molecule has 110 valence electrons. The molecule has 0 atom stereocenters. The molecule has 0 saturated heterocycles. The summed E-state index contributed by atoms with van der Waals surface area (Å²) in [6.45, 7) is 2.02. The van der Waals surface area contributed by atoms with Crippen LogP contribution in [0.3, 0.4) is 0 Å². The van der Waals surface area contributed by atoms with Crippen molar-refractivity contribution in [3.8, 4) is 16.3 Å². The topological polar surface area (TPSA) is 75.1 Å². The number of thiazole rings is 1. The average molecular weight is 311 g/mol. The minimum Gasteiger partial charge on any atom is -0.504 e. The van der Waals surface area contributed by atoms with E-state index in [-0.39, 0.29) is 11.6 Å². The van der Waals surface area contributed by atoms with E-state index in [0.29, 0.717) is 5.69 Å². The quantitative estimate of drug-likeness (QED) is 0.776. The van der Waals surface area contributed by atoms with Gasteiger partial charge in [-0.15, -0.1) is 11.3 Å². The molecule has 5 nitrogen and oxygen atoms in total. The summed E-state index contributed by atoms with van der Waals surface area (Å²) in [6, 6.07) is 11.0. The smallest absolute Gasteiger partial charge is 0.276 e. The molecule has 0 radical (unpaired) electrons. The van der Waals surface area contributed by atoms with Gasteiger partial charge in [-0.3, -0.25) is 4.79 Å². The lowest BCUT2D eigenvalue weighted by atomic mass is 10.2. The molecule has 1 aromatic carbocycles. The number of benzene rings is 1. The molecular formula is C16H13N3O2S. The van der Waals surface area contributed by atoms with Gasteiger partial charge < -0.3 is 10.4 Å². The Morgan fingerprint density at radius 1 is 1.23 bits per heavy atom. The first-order valence-electron chi connectivity index (χ1n) is 6.61. The van der Waals surface area contributed by atoms with Crippen LogP contribution in [0.1, 0.15) is 16.1 Å². The van der Waals surface area contributed by atoms with E-state index in [2.05, 4.69) is 15.3 Å². The maximum Gasteiger partial charge on any atom is 0.276 e. The summed E-state index contributed by atoms with van der Waals surface area (Å²) in [4.78, 5) is 20.4. The minimum absolute atomic E-state index is 0.0789. The molecule has 0 bridgehead atoms. The predicted octanol–water partition coefficient (Wildman–Crippen LogP) is 3.47. The van der Waals surface area contributed by atoms with Crippen LogP contribution in [0, 0.1) is 6.92 Å². The van der Waals surface area contributed by atoms with Gasteiger partial charge in [0, 0.05) is 17.1 Å². The van der Waals surface area contributed by atoms with E-state index in [1.807, 2.05) is 31.2 Å². The van der Waals surface area contributed by atoms with Gasteiger partial charge in [-0.1, -0.05) is 29.8 Å². The van der Waals surface area contributed by atoms with Crippen molar-refractivity contribution in [3.05, 3.63) is 59.2 Å². The number of aromatic hydroxyl groups is 1. The zero-order chi connectivity index (χ0) is 15.5. The van der Waals surface area contributed by atoms with Gasteiger partial charge in [-0.05, 0) is 19.1 Å². The fraction of sp³-hybridized carbons (Fsp3) is 0.0625. The van der Waals surface area contributed by atoms with Gasteiger partial charge >= 0.3 is 0 Å². The lowest BCUT2D eigenvalue weighted by molar-refractivity contribution is 0.102. The third kappa shape index (κ3) is 2.96. The summed E-state index contributed by atoms with van der Waals surface area (Å²) in [5, 5.41) is 14.6. The summed E-state index contributed by atoms with van der Waals surface area (Å²) in [5.41, 5.74) is 2.44. The van der Waals surface area contributed by atoms with Crippen LogP contribution in [0.4, 0.5) is 5.82 Å². The minimum atomic E-state index is -0.399. The van der Waals surface area contributed by atoms with E-state index in [1.165, 1.54) is 29.2 Å². The maximum absolute atomic E-state index is 12.1. The number of nitrogens with one attached hydrogen (secondary N) is 1. The summed E-state index contributed by atoms with van der Waals surface area (Å²) in [7, 11) is 0. The Labute approximate surface area is 131 Å². The zero-order valence-electron chi connectivity index (χ0n) is 11.8. The maximum atomic E-state index is 12.1. The fourth-order valence-corrected chi connectivity index (χ4v) is 2.68. The lowest BCUT2D eigenvalue weighted by Crippen LogP contribution is -2.13. The standard InChI is InChI=1S/C16H13N3O2S/c1-10-4-6-11(7-5-10)16-18-12(9-22-16)15(21)19-14-13(20)3-2-8-17-14/h2-9,20H,1H3,(H,17,19,21). The number of hydrogen-bond acceptors (Lipinski definition) is 5. The van der Waals surface area contributed by atoms with Crippen LogP contribution in [-0.2, 0) is 0 Å². The Morgan fingerprint density at radius 2 is 2.00 bits per heavy atom. The van der Waals surface area contributed by atoms with Crippen molar-refractivity contribution in [2.45, 2.75) is 6.92 Å². The first-order chi connectivity index (χ1) is 10.6. The predicted molar refractivity (Wildman–Crippen MR) is 86.1 cm³/mol. The van der Waals surface area contributed by atoms with Crippen molar-refractivity contribution in [2.24, 2.45) is 0 Å². The number of amides is 1. The molecule has 0 unspecified atom stereocenters. The molecule has 0 fully saturated rings. The third-order valence-electron chi connectivity index (χ3n) is 3.05. The van der Waals surface area contributed by atoms with Gasteiger partial charge in [0.1, 0.15) is 10.7 Å². The number of carbonyl (C=O) groups is 1. The van der Waals surface area contributed by atoms with Crippen molar-refractivity contribution >= 4 is 23.1 Å². The molecule has 3 rings (SSSR count). The van der Waals surface area contributed by atoms with Crippen LogP contribution in [0.5, 0.6) is 5.75 Å². The number of carbonyl (C=O) groups excluding carboxylic acids is 1. The van der Waals surface area contributed by atoms with Crippen LogP contribution >= 0.6 is 11.3 Å². The summed E-state index contributed by atoms with van der Waals surface area (Å²) in [5.74, 6) is -0.356. The van der Waals surface area contributed by atoms with Gasteiger partial charge in [0.05, 0.1) is 0 Å². The monoisotopic (exact) mass is 311 g/mol. The molecule has 0 saturated carbocycles. The molecule has 1 amide bonds. The largest absolute Gasteiger partial charge is 0.504 e. The Bertz CT molecular complexity index is 812. The van der Waals surface area contributed by atoms with Crippen molar-refractivity contribution in [3.63, 3.8) is 0 Å². The van der Waals surface area contributed by atoms with E-state index in [0.717, 1.165) is 10.6 Å². The van der Waals surface area contributed by atoms with E-state index < -0.39 is 5.91 Å². The highest BCUT2D eigenvalue weighted by atomic mass is 32.1. The summed E-state index contributed by atoms with van der Waals surface area (Å²) < 4.78 is 0. The number of nitrogens with zero attached hydrogens (tertiary/aromatic N) is 2. The lowest BCUT2D eigenvalue weighted by Gasteiger charge is -2.03. The number of aryl methyl sites for hydroxylation is 1. The second kappa shape index (κ2) is 5.95. The highest BCUT2D eigenvalue weighted by Crippen LogP contribution is 2.25. The van der Waals surface area contributed by atoms with Crippen LogP contribution in [0.25, 0.3) is 10.6 Å². The highest BCUT2D eigenvalue weighted by Gasteiger charge is 2.14. The van der Waals surface area contributed by atoms with Crippen LogP contribution < -0.4 is 5.32 Å². The first kappa shape index (κ1) is 14.2. The van der Waals surface area contributed by atoms with E-state index in [9.17, 15) is 9.90 Å². The van der Waals surface area contributed by atoms with Gasteiger partial charge in [0.25, 0.3) is 5.91 Å². The normalized spacial score (nSPS) is 10.4. The van der Waals surface area contributed by atoms with E-state index in [4.69, 9.17) is 0 Å². The third-order valence-corrected chi connectivity index (χ3v) is 3.95. The number of aromatic nitrogens is 2. The molecule has 0 aliphatic heterocycles. The van der Waals surface area contributed by atoms with Gasteiger partial charge in [0.2, 0.25) is 0 Å². The van der Waals surface area contributed by atoms with Gasteiger partial charge in [-0.2, -0.15) is 0 Å². The summed E-state index contributed by atoms with van der Waals surface area (Å²) >= 11 is 1.40. The molecule has 2 aromatic heterocycles. The molecular weight excluding hydrogens is 298 g/mol. The highest BCUT2D eigenvalue weighted by molar-refractivity contribution is 7.13. The van der Waals surface area contributed by atoms with Gasteiger partial charge in [0.15, 0.2) is 11.6 Å². The van der Waals surface area contributed by atoms with Crippen molar-refractivity contribution in [2.75, 3.05) is 5.32 Å². The van der Waals surface area contributed by atoms with Crippen molar-refractivity contribution < 1.29 is 9.90 Å². The van der Waals surface area contributed by atoms with Crippen LogP contribution in [0.15, 0.2) is 48.0 Å². The molecule has 6 heteroatoms. The second-order valence-electron chi connectivity index (χ2n) is 4.73. The zero-order valence-corrected chi connectivity index (χ0v) is 12.6. The van der Waals surface area contributed by atoms with Crippen molar-refractivity contribution in [1.82, 2.24) is 9.97 Å². The first-order valence-corrected chi connectivity index (χ1v) is 7.49. The Hall–Kier alpha value is -2.73. The Kier molecular flexibility index (Phi) is 3.84. The molecule has 0 aliphatic rings. The number of pyridine rings is 1. The molecule has 2 heterocycles. The summed E-state index contributed by atoms with van der Waals surface area (Å²) in [6.07, 6.45) is 1.49. The molecule has 0 spiro atoms. The Balaban J connectivity index is 1.80. The van der Waals surface area contributed by atoms with Crippen LogP contribution in [-0.4, -0.2) is 21.0 Å². The Morgan fingerprint density at radius 3 is 2.73 bits per heavy atom. The molecule has 2 N–H and O–H groups in total. The second-order valence-corrected chi connectivity index (χ2v) is 5.59. The van der Waals surface area contributed by atoms with E-state index in [1.54, 1.807) is 11.4 Å². The number of anilines is 1. The SMILES string of the molecule is Cc1ccc(-c2nc(C(=O)Nc3ncccc3O)cs2)cc1. The molecule has 3 aromatic rings. The molecule has 0 aliphatic carbocycles. The molecule has 22 heavy (non-hydrogen) atoms. The van der Waals surface area contributed by atoms with E-state index >= 15 is 0 Å². The number of rotatable bonds is 3. The van der Waals surface area contributed by atoms with Crippen molar-refractivity contribution in [1.29, 1.82) is 0 Å². The van der Waals surface area contributed by atoms with Gasteiger partial charge in [-0.25, -0.2) is 9.97 Å². The average Bonchev–Trinajstić information content (AvgIpc) is 3.00. The van der Waals surface area contributed by atoms with Crippen LogP contribution in [0.2, 0.25) is 0 Å².